The van der Waals surface area contributed by atoms with E-state index in [0.717, 1.165) is 28.7 Å². The molecule has 2 aromatic heterocycles. The molecule has 0 aliphatic rings. The minimum Gasteiger partial charge on any atom is -0.383 e. The fourth-order valence-corrected chi connectivity index (χ4v) is 5.50. The molecule has 1 amide bonds. The van der Waals surface area contributed by atoms with Crippen molar-refractivity contribution in [2.45, 2.75) is 37.3 Å². The van der Waals surface area contributed by atoms with Crippen molar-refractivity contribution in [3.63, 3.8) is 0 Å². The number of nitrogens with one attached hydrogen (secondary N) is 1. The molecule has 3 aromatic carbocycles. The summed E-state index contributed by atoms with van der Waals surface area (Å²) in [6.07, 6.45) is 0. The van der Waals surface area contributed by atoms with Crippen LogP contribution in [0.15, 0.2) is 71.9 Å². The van der Waals surface area contributed by atoms with Crippen LogP contribution in [0.2, 0.25) is 5.02 Å². The van der Waals surface area contributed by atoms with Gasteiger partial charge in [-0.05, 0) is 62.4 Å². The summed E-state index contributed by atoms with van der Waals surface area (Å²) in [5, 5.41) is 15.1. The molecule has 5 aromatic rings. The highest BCUT2D eigenvalue weighted by molar-refractivity contribution is 8.00. The van der Waals surface area contributed by atoms with Crippen molar-refractivity contribution in [1.29, 1.82) is 0 Å². The number of anilines is 1. The Bertz CT molecular complexity index is 1560. The second kappa shape index (κ2) is 11.0. The first kappa shape index (κ1) is 25.3. The number of hydrogen-bond acceptors (Lipinski definition) is 5. The largest absolute Gasteiger partial charge is 0.383 e. The standard InChI is InChI=1S/C28H28ClN5O2S/c1-4-33-24-8-6-5-7-22(24)23-17-21(13-14-25(23)33)30-27(35)18(2)37-28-32-31-26(34(28)15-16-36-3)19-9-11-20(29)12-10-19/h5-14,17-18H,4,15-16H2,1-3H3,(H,30,35). The van der Waals surface area contributed by atoms with Crippen LogP contribution in [-0.2, 0) is 22.6 Å². The third-order valence-electron chi connectivity index (χ3n) is 6.35. The van der Waals surface area contributed by atoms with Crippen LogP contribution >= 0.6 is 23.4 Å². The summed E-state index contributed by atoms with van der Waals surface area (Å²) < 4.78 is 9.57. The smallest absolute Gasteiger partial charge is 0.237 e. The van der Waals surface area contributed by atoms with E-state index in [1.54, 1.807) is 7.11 Å². The molecule has 7 nitrogen and oxygen atoms in total. The number of nitrogens with zero attached hydrogens (tertiary/aromatic N) is 4. The number of amides is 1. The second-order valence-electron chi connectivity index (χ2n) is 8.70. The van der Waals surface area contributed by atoms with Crippen LogP contribution in [0.4, 0.5) is 5.69 Å². The average molecular weight is 534 g/mol. The first-order valence-electron chi connectivity index (χ1n) is 12.2. The third-order valence-corrected chi connectivity index (χ3v) is 7.68. The fourth-order valence-electron chi connectivity index (χ4n) is 4.50. The topological polar surface area (TPSA) is 74.0 Å². The number of fused-ring (bicyclic) bond motifs is 3. The molecule has 1 unspecified atom stereocenters. The lowest BCUT2D eigenvalue weighted by Gasteiger charge is -2.14. The van der Waals surface area contributed by atoms with Crippen molar-refractivity contribution in [2.75, 3.05) is 19.0 Å². The minimum absolute atomic E-state index is 0.0992. The molecular weight excluding hydrogens is 506 g/mol. The minimum atomic E-state index is -0.392. The van der Waals surface area contributed by atoms with E-state index in [9.17, 15) is 4.79 Å². The van der Waals surface area contributed by atoms with Crippen LogP contribution in [0, 0.1) is 0 Å². The fraction of sp³-hybridized carbons (Fsp3) is 0.250. The van der Waals surface area contributed by atoms with E-state index in [-0.39, 0.29) is 5.91 Å². The number of benzene rings is 3. The van der Waals surface area contributed by atoms with Gasteiger partial charge in [0.05, 0.1) is 18.4 Å². The SMILES string of the molecule is CCn1c2ccccc2c2cc(NC(=O)C(C)Sc3nnc(-c4ccc(Cl)cc4)n3CCOC)ccc21. The Balaban J connectivity index is 1.37. The molecule has 190 valence electrons. The first-order chi connectivity index (χ1) is 18.0. The summed E-state index contributed by atoms with van der Waals surface area (Å²) in [7, 11) is 1.66. The number of carbonyl (C=O) groups excluding carboxylic acids is 1. The van der Waals surface area contributed by atoms with Gasteiger partial charge in [0, 0.05) is 51.7 Å². The van der Waals surface area contributed by atoms with Crippen molar-refractivity contribution in [3.05, 3.63) is 71.8 Å². The lowest BCUT2D eigenvalue weighted by Crippen LogP contribution is -2.23. The highest BCUT2D eigenvalue weighted by Gasteiger charge is 2.21. The Morgan fingerprint density at radius 2 is 1.78 bits per heavy atom. The Hall–Kier alpha value is -3.33. The predicted molar refractivity (Wildman–Crippen MR) is 151 cm³/mol. The van der Waals surface area contributed by atoms with Gasteiger partial charge in [0.25, 0.3) is 0 Å². The average Bonchev–Trinajstić information content (AvgIpc) is 3.45. The van der Waals surface area contributed by atoms with Crippen LogP contribution in [0.25, 0.3) is 33.2 Å². The zero-order chi connectivity index (χ0) is 25.9. The third kappa shape index (κ3) is 5.09. The Morgan fingerprint density at radius 3 is 2.54 bits per heavy atom. The summed E-state index contributed by atoms with van der Waals surface area (Å²) in [4.78, 5) is 13.2. The van der Waals surface area contributed by atoms with Gasteiger partial charge < -0.3 is 14.6 Å². The van der Waals surface area contributed by atoms with Gasteiger partial charge in [-0.15, -0.1) is 10.2 Å². The van der Waals surface area contributed by atoms with Gasteiger partial charge >= 0.3 is 0 Å². The lowest BCUT2D eigenvalue weighted by atomic mass is 10.1. The van der Waals surface area contributed by atoms with Crippen LogP contribution in [0.1, 0.15) is 13.8 Å². The number of methoxy groups -OCH3 is 1. The molecule has 0 radical (unpaired) electrons. The van der Waals surface area contributed by atoms with E-state index in [1.807, 2.05) is 47.9 Å². The normalized spacial score (nSPS) is 12.3. The molecule has 0 aliphatic carbocycles. The van der Waals surface area contributed by atoms with Gasteiger partial charge in [0.1, 0.15) is 0 Å². The monoisotopic (exact) mass is 533 g/mol. The first-order valence-corrected chi connectivity index (χ1v) is 13.4. The van der Waals surface area contributed by atoms with Crippen molar-refractivity contribution in [2.24, 2.45) is 0 Å². The van der Waals surface area contributed by atoms with Crippen molar-refractivity contribution < 1.29 is 9.53 Å². The number of aromatic nitrogens is 4. The summed E-state index contributed by atoms with van der Waals surface area (Å²) in [5.74, 6) is 0.611. The van der Waals surface area contributed by atoms with Crippen molar-refractivity contribution >= 4 is 56.8 Å². The van der Waals surface area contributed by atoms with Gasteiger partial charge in [-0.2, -0.15) is 0 Å². The van der Waals surface area contributed by atoms with E-state index < -0.39 is 5.25 Å². The van der Waals surface area contributed by atoms with E-state index in [1.165, 1.54) is 22.7 Å². The van der Waals surface area contributed by atoms with Gasteiger partial charge in [0.15, 0.2) is 11.0 Å². The molecule has 2 heterocycles. The summed E-state index contributed by atoms with van der Waals surface area (Å²) in [5.41, 5.74) is 4.02. The molecule has 0 fully saturated rings. The zero-order valence-corrected chi connectivity index (χ0v) is 22.5. The summed E-state index contributed by atoms with van der Waals surface area (Å²) in [6.45, 7) is 5.96. The van der Waals surface area contributed by atoms with Crippen molar-refractivity contribution in [1.82, 2.24) is 19.3 Å². The van der Waals surface area contributed by atoms with E-state index in [4.69, 9.17) is 16.3 Å². The molecule has 1 N–H and O–H groups in total. The molecule has 9 heteroatoms. The van der Waals surface area contributed by atoms with Gasteiger partial charge in [-0.1, -0.05) is 41.6 Å². The van der Waals surface area contributed by atoms with Crippen LogP contribution < -0.4 is 5.32 Å². The number of halogens is 1. The number of carbonyl (C=O) groups is 1. The van der Waals surface area contributed by atoms with E-state index >= 15 is 0 Å². The molecule has 0 saturated heterocycles. The highest BCUT2D eigenvalue weighted by atomic mass is 35.5. The molecular formula is C28H28ClN5O2S. The Labute approximate surface area is 224 Å². The van der Waals surface area contributed by atoms with Gasteiger partial charge in [0.2, 0.25) is 5.91 Å². The molecule has 0 saturated carbocycles. The summed E-state index contributed by atoms with van der Waals surface area (Å²) in [6, 6.07) is 21.9. The number of aryl methyl sites for hydroxylation is 1. The zero-order valence-electron chi connectivity index (χ0n) is 20.9. The maximum Gasteiger partial charge on any atom is 0.237 e. The predicted octanol–water partition coefficient (Wildman–Crippen LogP) is 6.49. The van der Waals surface area contributed by atoms with E-state index in [2.05, 4.69) is 57.3 Å². The molecule has 5 rings (SSSR count). The van der Waals surface area contributed by atoms with Crippen LogP contribution in [0.3, 0.4) is 0 Å². The summed E-state index contributed by atoms with van der Waals surface area (Å²) >= 11 is 7.43. The van der Waals surface area contributed by atoms with Gasteiger partial charge in [-0.25, -0.2) is 0 Å². The number of para-hydroxylation sites is 1. The van der Waals surface area contributed by atoms with Gasteiger partial charge in [-0.3, -0.25) is 9.36 Å². The van der Waals surface area contributed by atoms with Crippen molar-refractivity contribution in [3.8, 4) is 11.4 Å². The lowest BCUT2D eigenvalue weighted by molar-refractivity contribution is -0.115. The quantitative estimate of drug-likeness (QED) is 0.219. The number of rotatable bonds is 9. The molecule has 37 heavy (non-hydrogen) atoms. The Kier molecular flexibility index (Phi) is 7.50. The maximum atomic E-state index is 13.2. The maximum absolute atomic E-state index is 13.2. The molecule has 0 spiro atoms. The Morgan fingerprint density at radius 1 is 1.03 bits per heavy atom. The van der Waals surface area contributed by atoms with E-state index in [0.29, 0.717) is 29.2 Å². The molecule has 1 atom stereocenters. The molecule has 0 aliphatic heterocycles. The van der Waals surface area contributed by atoms with Crippen LogP contribution in [0.5, 0.6) is 0 Å². The highest BCUT2D eigenvalue weighted by Crippen LogP contribution is 2.32. The second-order valence-corrected chi connectivity index (χ2v) is 10.4. The molecule has 0 bridgehead atoms. The number of ether oxygens (including phenoxy) is 1. The number of hydrogen-bond donors (Lipinski definition) is 1. The number of thioether (sulfide) groups is 1. The van der Waals surface area contributed by atoms with Crippen LogP contribution in [-0.4, -0.2) is 44.2 Å².